The van der Waals surface area contributed by atoms with E-state index in [1.807, 2.05) is 13.8 Å². The molecule has 7 heteroatoms. The Labute approximate surface area is 120 Å². The number of carboxylic acid groups (broad SMARTS) is 1. The van der Waals surface area contributed by atoms with Crippen LogP contribution in [-0.2, 0) is 11.3 Å². The number of nitrogens with zero attached hydrogens (tertiary/aromatic N) is 2. The third kappa shape index (κ3) is 5.69. The predicted molar refractivity (Wildman–Crippen MR) is 73.7 cm³/mol. The maximum atomic E-state index is 11.6. The van der Waals surface area contributed by atoms with E-state index in [0.29, 0.717) is 10.3 Å². The molecule has 0 saturated carbocycles. The number of aromatic nitrogens is 1. The van der Waals surface area contributed by atoms with Crippen LogP contribution in [0.1, 0.15) is 19.5 Å². The minimum Gasteiger partial charge on any atom is -0.465 e. The molecule has 104 valence electrons. The summed E-state index contributed by atoms with van der Waals surface area (Å²) < 4.78 is 0.627. The van der Waals surface area contributed by atoms with Gasteiger partial charge >= 0.3 is 6.09 Å². The first kappa shape index (κ1) is 15.4. The first-order valence-electron chi connectivity index (χ1n) is 5.77. The topological polar surface area (TPSA) is 82.5 Å². The largest absolute Gasteiger partial charge is 0.465 e. The van der Waals surface area contributed by atoms with Gasteiger partial charge in [0.15, 0.2) is 0 Å². The standard InChI is InChI=1S/C12H16BrN3O3/c1-8(2)14-11(17)7-16(12(18)19)6-9-4-3-5-10(13)15-9/h3-5,8H,6-7H2,1-2H3,(H,14,17)(H,18,19). The summed E-state index contributed by atoms with van der Waals surface area (Å²) in [6.45, 7) is 3.50. The molecule has 1 aromatic heterocycles. The fourth-order valence-corrected chi connectivity index (χ4v) is 1.85. The van der Waals surface area contributed by atoms with Gasteiger partial charge in [-0.1, -0.05) is 6.07 Å². The third-order valence-electron chi connectivity index (χ3n) is 2.18. The number of hydrogen-bond donors (Lipinski definition) is 2. The Hall–Kier alpha value is -1.63. The van der Waals surface area contributed by atoms with Gasteiger partial charge in [-0.05, 0) is 41.9 Å². The number of pyridine rings is 1. The second kappa shape index (κ2) is 7.08. The highest BCUT2D eigenvalue weighted by molar-refractivity contribution is 9.10. The molecule has 2 N–H and O–H groups in total. The number of carbonyl (C=O) groups is 2. The molecular formula is C12H16BrN3O3. The predicted octanol–water partition coefficient (Wildman–Crippen LogP) is 1.85. The Morgan fingerprint density at radius 3 is 2.68 bits per heavy atom. The van der Waals surface area contributed by atoms with Crippen LogP contribution in [0.15, 0.2) is 22.8 Å². The molecule has 0 atom stereocenters. The molecule has 0 fully saturated rings. The molecule has 2 amide bonds. The van der Waals surface area contributed by atoms with Crippen LogP contribution in [0.25, 0.3) is 0 Å². The summed E-state index contributed by atoms with van der Waals surface area (Å²) in [4.78, 5) is 27.9. The van der Waals surface area contributed by atoms with Gasteiger partial charge in [0.25, 0.3) is 0 Å². The van der Waals surface area contributed by atoms with Crippen LogP contribution >= 0.6 is 15.9 Å². The molecule has 0 bridgehead atoms. The van der Waals surface area contributed by atoms with E-state index in [4.69, 9.17) is 5.11 Å². The Morgan fingerprint density at radius 1 is 1.47 bits per heavy atom. The average molecular weight is 330 g/mol. The van der Waals surface area contributed by atoms with Crippen molar-refractivity contribution in [1.29, 1.82) is 0 Å². The Balaban J connectivity index is 2.68. The Bertz CT molecular complexity index is 465. The van der Waals surface area contributed by atoms with Crippen LogP contribution in [0.4, 0.5) is 4.79 Å². The van der Waals surface area contributed by atoms with Gasteiger partial charge in [-0.15, -0.1) is 0 Å². The zero-order valence-corrected chi connectivity index (χ0v) is 12.3. The van der Waals surface area contributed by atoms with Gasteiger partial charge in [-0.25, -0.2) is 9.78 Å². The maximum absolute atomic E-state index is 11.6. The number of rotatable bonds is 5. The summed E-state index contributed by atoms with van der Waals surface area (Å²) in [5.41, 5.74) is 0.578. The lowest BCUT2D eigenvalue weighted by Gasteiger charge is -2.19. The molecule has 0 aliphatic carbocycles. The summed E-state index contributed by atoms with van der Waals surface area (Å²) >= 11 is 3.22. The average Bonchev–Trinajstić information content (AvgIpc) is 2.26. The van der Waals surface area contributed by atoms with Gasteiger partial charge in [0.05, 0.1) is 12.2 Å². The summed E-state index contributed by atoms with van der Waals surface area (Å²) in [5, 5.41) is 11.7. The number of hydrogen-bond acceptors (Lipinski definition) is 3. The quantitative estimate of drug-likeness (QED) is 0.807. The van der Waals surface area contributed by atoms with Crippen molar-refractivity contribution >= 4 is 27.9 Å². The molecular weight excluding hydrogens is 314 g/mol. The molecule has 19 heavy (non-hydrogen) atoms. The monoisotopic (exact) mass is 329 g/mol. The van der Waals surface area contributed by atoms with Crippen molar-refractivity contribution in [2.24, 2.45) is 0 Å². The molecule has 0 saturated heterocycles. The van der Waals surface area contributed by atoms with Crippen molar-refractivity contribution < 1.29 is 14.7 Å². The smallest absolute Gasteiger partial charge is 0.408 e. The second-order valence-electron chi connectivity index (χ2n) is 4.31. The van der Waals surface area contributed by atoms with E-state index in [2.05, 4.69) is 26.2 Å². The van der Waals surface area contributed by atoms with E-state index < -0.39 is 6.09 Å². The third-order valence-corrected chi connectivity index (χ3v) is 2.62. The minimum atomic E-state index is -1.15. The SMILES string of the molecule is CC(C)NC(=O)CN(Cc1cccc(Br)n1)C(=O)O. The van der Waals surface area contributed by atoms with Gasteiger partial charge in [-0.2, -0.15) is 0 Å². The van der Waals surface area contributed by atoms with E-state index in [9.17, 15) is 9.59 Å². The van der Waals surface area contributed by atoms with Gasteiger partial charge < -0.3 is 10.4 Å². The summed E-state index contributed by atoms with van der Waals surface area (Å²) in [7, 11) is 0. The molecule has 0 aromatic carbocycles. The van der Waals surface area contributed by atoms with E-state index in [1.165, 1.54) is 0 Å². The fourth-order valence-electron chi connectivity index (χ4n) is 1.47. The molecule has 1 rings (SSSR count). The maximum Gasteiger partial charge on any atom is 0.408 e. The lowest BCUT2D eigenvalue weighted by atomic mass is 10.3. The highest BCUT2D eigenvalue weighted by Crippen LogP contribution is 2.08. The first-order valence-corrected chi connectivity index (χ1v) is 6.56. The van der Waals surface area contributed by atoms with Crippen LogP contribution in [0.5, 0.6) is 0 Å². The molecule has 1 heterocycles. The summed E-state index contributed by atoms with van der Waals surface area (Å²) in [6.07, 6.45) is -1.15. The van der Waals surface area contributed by atoms with Crippen molar-refractivity contribution in [2.75, 3.05) is 6.54 Å². The molecule has 1 aromatic rings. The van der Waals surface area contributed by atoms with Gasteiger partial charge in [0.1, 0.15) is 11.1 Å². The van der Waals surface area contributed by atoms with Crippen molar-refractivity contribution in [3.63, 3.8) is 0 Å². The van der Waals surface area contributed by atoms with E-state index in [1.54, 1.807) is 18.2 Å². The van der Waals surface area contributed by atoms with Crippen molar-refractivity contribution in [3.8, 4) is 0 Å². The number of carbonyl (C=O) groups excluding carboxylic acids is 1. The van der Waals surface area contributed by atoms with Gasteiger partial charge in [0.2, 0.25) is 5.91 Å². The summed E-state index contributed by atoms with van der Waals surface area (Å²) in [5.74, 6) is -0.326. The van der Waals surface area contributed by atoms with Crippen molar-refractivity contribution in [2.45, 2.75) is 26.4 Å². The van der Waals surface area contributed by atoms with E-state index in [-0.39, 0.29) is 25.0 Å². The molecule has 6 nitrogen and oxygen atoms in total. The lowest BCUT2D eigenvalue weighted by Crippen LogP contribution is -2.42. The highest BCUT2D eigenvalue weighted by atomic mass is 79.9. The summed E-state index contributed by atoms with van der Waals surface area (Å²) in [6, 6.07) is 5.20. The number of nitrogens with one attached hydrogen (secondary N) is 1. The molecule has 0 spiro atoms. The first-order chi connectivity index (χ1) is 8.88. The van der Waals surface area contributed by atoms with Gasteiger partial charge in [-0.3, -0.25) is 9.69 Å². The fraction of sp³-hybridized carbons (Fsp3) is 0.417. The Kier molecular flexibility index (Phi) is 5.75. The van der Waals surface area contributed by atoms with Crippen LogP contribution in [0, 0.1) is 0 Å². The van der Waals surface area contributed by atoms with Crippen LogP contribution in [-0.4, -0.2) is 39.6 Å². The van der Waals surface area contributed by atoms with Crippen LogP contribution < -0.4 is 5.32 Å². The normalized spacial score (nSPS) is 10.3. The Morgan fingerprint density at radius 2 is 2.16 bits per heavy atom. The lowest BCUT2D eigenvalue weighted by molar-refractivity contribution is -0.122. The van der Waals surface area contributed by atoms with Gasteiger partial charge in [0, 0.05) is 6.04 Å². The van der Waals surface area contributed by atoms with Crippen molar-refractivity contribution in [1.82, 2.24) is 15.2 Å². The number of halogens is 1. The zero-order valence-electron chi connectivity index (χ0n) is 10.8. The van der Waals surface area contributed by atoms with E-state index in [0.717, 1.165) is 4.90 Å². The molecule has 0 aliphatic heterocycles. The van der Waals surface area contributed by atoms with E-state index >= 15 is 0 Å². The number of amides is 2. The van der Waals surface area contributed by atoms with Crippen molar-refractivity contribution in [3.05, 3.63) is 28.5 Å². The molecule has 0 aliphatic rings. The minimum absolute atomic E-state index is 0.0212. The van der Waals surface area contributed by atoms with Crippen LogP contribution in [0.2, 0.25) is 0 Å². The second-order valence-corrected chi connectivity index (χ2v) is 5.12. The molecule has 0 unspecified atom stereocenters. The molecule has 0 radical (unpaired) electrons. The van der Waals surface area contributed by atoms with Crippen LogP contribution in [0.3, 0.4) is 0 Å². The zero-order chi connectivity index (χ0) is 14.4. The highest BCUT2D eigenvalue weighted by Gasteiger charge is 2.17.